The number of unbranched alkanes of at least 4 members (excludes halogenated alkanes) is 12. The van der Waals surface area contributed by atoms with Crippen LogP contribution in [-0.4, -0.2) is 0 Å². The first-order chi connectivity index (χ1) is 14.4. The number of benzene rings is 3. The van der Waals surface area contributed by atoms with E-state index in [9.17, 15) is 0 Å². The molecule has 0 atom stereocenters. The highest BCUT2D eigenvalue weighted by molar-refractivity contribution is 5.99. The molecule has 3 aromatic carbocycles. The van der Waals surface area contributed by atoms with Crippen LogP contribution < -0.4 is 0 Å². The standard InChI is InChI=1S/C29H40/c1-2-3-4-5-6-7-8-9-10-11-12-13-14-18-25-21-17-22-28-23-26-19-15-16-20-27(26)24-29(25)28/h15-17,19-24H,2-14,18H2,1H3. The SMILES string of the molecule is CCCCCCCCCCCCCCCc1cccc2cc3ccccc3cc12. The maximum Gasteiger partial charge on any atom is -0.0146 e. The van der Waals surface area contributed by atoms with Crippen LogP contribution in [0.25, 0.3) is 21.5 Å². The van der Waals surface area contributed by atoms with Gasteiger partial charge in [-0.15, -0.1) is 0 Å². The van der Waals surface area contributed by atoms with E-state index >= 15 is 0 Å². The van der Waals surface area contributed by atoms with Gasteiger partial charge in [0.15, 0.2) is 0 Å². The minimum absolute atomic E-state index is 1.22. The highest BCUT2D eigenvalue weighted by Crippen LogP contribution is 2.26. The minimum atomic E-state index is 1.22. The maximum absolute atomic E-state index is 2.39. The number of aryl methyl sites for hydroxylation is 1. The summed E-state index contributed by atoms with van der Waals surface area (Å²) in [5.74, 6) is 0. The van der Waals surface area contributed by atoms with Gasteiger partial charge in [-0.3, -0.25) is 0 Å². The highest BCUT2D eigenvalue weighted by atomic mass is 14.1. The summed E-state index contributed by atoms with van der Waals surface area (Å²) in [6.45, 7) is 2.30. The van der Waals surface area contributed by atoms with Gasteiger partial charge in [0.05, 0.1) is 0 Å². The molecule has 0 nitrogen and oxygen atoms in total. The minimum Gasteiger partial charge on any atom is -0.0654 e. The van der Waals surface area contributed by atoms with E-state index < -0.39 is 0 Å². The van der Waals surface area contributed by atoms with Gasteiger partial charge >= 0.3 is 0 Å². The Morgan fingerprint density at radius 1 is 0.483 bits per heavy atom. The molecule has 3 aromatic rings. The summed E-state index contributed by atoms with van der Waals surface area (Å²) in [5.41, 5.74) is 1.52. The Kier molecular flexibility index (Phi) is 9.57. The lowest BCUT2D eigenvalue weighted by molar-refractivity contribution is 0.539. The van der Waals surface area contributed by atoms with Crippen molar-refractivity contribution in [3.8, 4) is 0 Å². The van der Waals surface area contributed by atoms with Crippen LogP contribution in [0, 0.1) is 0 Å². The molecule has 3 rings (SSSR count). The van der Waals surface area contributed by atoms with E-state index in [0.717, 1.165) is 0 Å². The van der Waals surface area contributed by atoms with Crippen molar-refractivity contribution >= 4 is 21.5 Å². The summed E-state index contributed by atoms with van der Waals surface area (Å²) in [7, 11) is 0. The van der Waals surface area contributed by atoms with Crippen LogP contribution in [0.15, 0.2) is 54.6 Å². The van der Waals surface area contributed by atoms with Crippen molar-refractivity contribution in [2.24, 2.45) is 0 Å². The van der Waals surface area contributed by atoms with Crippen molar-refractivity contribution in [2.45, 2.75) is 96.8 Å². The zero-order valence-corrected chi connectivity index (χ0v) is 18.6. The lowest BCUT2D eigenvalue weighted by Crippen LogP contribution is -1.89. The summed E-state index contributed by atoms with van der Waals surface area (Å²) >= 11 is 0. The zero-order valence-electron chi connectivity index (χ0n) is 18.6. The molecule has 0 spiro atoms. The normalized spacial score (nSPS) is 11.5. The van der Waals surface area contributed by atoms with Gasteiger partial charge in [0.25, 0.3) is 0 Å². The van der Waals surface area contributed by atoms with Crippen LogP contribution in [0.2, 0.25) is 0 Å². The van der Waals surface area contributed by atoms with E-state index in [2.05, 4.69) is 61.5 Å². The molecule has 0 bridgehead atoms. The molecule has 0 heteroatoms. The van der Waals surface area contributed by atoms with Crippen molar-refractivity contribution in [1.82, 2.24) is 0 Å². The van der Waals surface area contributed by atoms with E-state index in [4.69, 9.17) is 0 Å². The summed E-state index contributed by atoms with van der Waals surface area (Å²) in [6.07, 6.45) is 19.7. The molecule has 0 heterocycles. The second-order valence-corrected chi connectivity index (χ2v) is 8.83. The Bertz CT molecular complexity index is 845. The van der Waals surface area contributed by atoms with Crippen molar-refractivity contribution in [3.05, 3.63) is 60.2 Å². The second kappa shape index (κ2) is 12.7. The summed E-state index contributed by atoms with van der Waals surface area (Å²) in [6, 6.07) is 20.3. The molecule has 0 aliphatic heterocycles. The van der Waals surface area contributed by atoms with Crippen molar-refractivity contribution < 1.29 is 0 Å². The topological polar surface area (TPSA) is 0 Å². The quantitative estimate of drug-likeness (QED) is 0.190. The van der Waals surface area contributed by atoms with Crippen molar-refractivity contribution in [3.63, 3.8) is 0 Å². The lowest BCUT2D eigenvalue weighted by atomic mass is 9.96. The number of fused-ring (bicyclic) bond motifs is 2. The van der Waals surface area contributed by atoms with E-state index in [0.29, 0.717) is 0 Å². The van der Waals surface area contributed by atoms with Gasteiger partial charge in [-0.25, -0.2) is 0 Å². The number of rotatable bonds is 14. The average molecular weight is 389 g/mol. The Hall–Kier alpha value is -1.82. The molecule has 0 unspecified atom stereocenters. The molecule has 29 heavy (non-hydrogen) atoms. The predicted octanol–water partition coefficient (Wildman–Crippen LogP) is 9.63. The molecule has 0 aliphatic rings. The van der Waals surface area contributed by atoms with Crippen LogP contribution in [0.4, 0.5) is 0 Å². The third-order valence-corrected chi connectivity index (χ3v) is 6.39. The third-order valence-electron chi connectivity index (χ3n) is 6.39. The van der Waals surface area contributed by atoms with Gasteiger partial charge in [-0.1, -0.05) is 126 Å². The van der Waals surface area contributed by atoms with Crippen LogP contribution in [-0.2, 0) is 6.42 Å². The van der Waals surface area contributed by atoms with Crippen molar-refractivity contribution in [1.29, 1.82) is 0 Å². The van der Waals surface area contributed by atoms with E-state index in [1.165, 1.54) is 117 Å². The van der Waals surface area contributed by atoms with Gasteiger partial charge in [0.1, 0.15) is 0 Å². The largest absolute Gasteiger partial charge is 0.0654 e. The molecule has 0 saturated carbocycles. The Balaban J connectivity index is 1.32. The van der Waals surface area contributed by atoms with Gasteiger partial charge in [-0.05, 0) is 52.1 Å². The molecular formula is C29H40. The first kappa shape index (κ1) is 21.9. The fourth-order valence-corrected chi connectivity index (χ4v) is 4.58. The fourth-order valence-electron chi connectivity index (χ4n) is 4.58. The van der Waals surface area contributed by atoms with Gasteiger partial charge in [0.2, 0.25) is 0 Å². The molecule has 0 aromatic heterocycles. The lowest BCUT2D eigenvalue weighted by Gasteiger charge is -2.09. The van der Waals surface area contributed by atoms with Gasteiger partial charge in [0, 0.05) is 0 Å². The van der Waals surface area contributed by atoms with E-state index in [-0.39, 0.29) is 0 Å². The molecular weight excluding hydrogens is 348 g/mol. The fraction of sp³-hybridized carbons (Fsp3) is 0.517. The zero-order chi connectivity index (χ0) is 20.2. The van der Waals surface area contributed by atoms with Crippen molar-refractivity contribution in [2.75, 3.05) is 0 Å². The summed E-state index contributed by atoms with van der Waals surface area (Å²) < 4.78 is 0. The Labute approximate surface area is 178 Å². The van der Waals surface area contributed by atoms with Gasteiger partial charge in [-0.2, -0.15) is 0 Å². The Morgan fingerprint density at radius 3 is 1.62 bits per heavy atom. The summed E-state index contributed by atoms with van der Waals surface area (Å²) in [5, 5.41) is 5.54. The van der Waals surface area contributed by atoms with Crippen LogP contribution in [0.3, 0.4) is 0 Å². The van der Waals surface area contributed by atoms with Gasteiger partial charge < -0.3 is 0 Å². The molecule has 0 saturated heterocycles. The Morgan fingerprint density at radius 2 is 1.00 bits per heavy atom. The highest BCUT2D eigenvalue weighted by Gasteiger charge is 2.03. The second-order valence-electron chi connectivity index (χ2n) is 8.83. The number of hydrogen-bond donors (Lipinski definition) is 0. The molecule has 0 fully saturated rings. The predicted molar refractivity (Wildman–Crippen MR) is 131 cm³/mol. The van der Waals surface area contributed by atoms with Crippen LogP contribution >= 0.6 is 0 Å². The van der Waals surface area contributed by atoms with E-state index in [1.807, 2.05) is 0 Å². The maximum atomic E-state index is 2.39. The first-order valence-corrected chi connectivity index (χ1v) is 12.3. The third kappa shape index (κ3) is 7.18. The molecule has 0 N–H and O–H groups in total. The molecule has 0 aliphatic carbocycles. The monoisotopic (exact) mass is 388 g/mol. The number of hydrogen-bond acceptors (Lipinski definition) is 0. The first-order valence-electron chi connectivity index (χ1n) is 12.3. The summed E-state index contributed by atoms with van der Waals surface area (Å²) in [4.78, 5) is 0. The smallest absolute Gasteiger partial charge is 0.0146 e. The molecule has 0 radical (unpaired) electrons. The average Bonchev–Trinajstić information content (AvgIpc) is 2.75. The van der Waals surface area contributed by atoms with Crippen LogP contribution in [0.1, 0.15) is 96.0 Å². The molecule has 156 valence electrons. The van der Waals surface area contributed by atoms with Crippen LogP contribution in [0.5, 0.6) is 0 Å². The molecule has 0 amide bonds. The van der Waals surface area contributed by atoms with E-state index in [1.54, 1.807) is 0 Å².